The van der Waals surface area contributed by atoms with Crippen LogP contribution in [0.2, 0.25) is 5.02 Å². The van der Waals surface area contributed by atoms with Gasteiger partial charge >= 0.3 is 5.97 Å². The van der Waals surface area contributed by atoms with Crippen LogP contribution in [-0.4, -0.2) is 37.4 Å². The number of aryl methyl sites for hydroxylation is 1. The lowest BCUT2D eigenvalue weighted by Crippen LogP contribution is -2.43. The van der Waals surface area contributed by atoms with Crippen molar-refractivity contribution >= 4 is 23.3 Å². The lowest BCUT2D eigenvalue weighted by molar-refractivity contribution is 0.0465. The number of methoxy groups -OCH3 is 1. The van der Waals surface area contributed by atoms with Crippen molar-refractivity contribution in [1.29, 1.82) is 0 Å². The Hall–Kier alpha value is -2.50. The Bertz CT molecular complexity index is 1010. The number of carbonyl (C=O) groups is 1. The molecule has 1 saturated carbocycles. The van der Waals surface area contributed by atoms with Crippen LogP contribution in [0.1, 0.15) is 47.2 Å². The van der Waals surface area contributed by atoms with Crippen LogP contribution in [0, 0.1) is 11.8 Å². The second-order valence-corrected chi connectivity index (χ2v) is 9.44. The first-order chi connectivity index (χ1) is 16.0. The smallest absolute Gasteiger partial charge is 0.337 e. The molecule has 1 heterocycles. The lowest BCUT2D eigenvalue weighted by Gasteiger charge is -2.42. The third-order valence-electron chi connectivity index (χ3n) is 7.01. The second kappa shape index (κ2) is 10.6. The highest BCUT2D eigenvalue weighted by Crippen LogP contribution is 2.40. The summed E-state index contributed by atoms with van der Waals surface area (Å²) in [6, 6.07) is 11.5. The third kappa shape index (κ3) is 5.36. The summed E-state index contributed by atoms with van der Waals surface area (Å²) in [5, 5.41) is 11.1. The Morgan fingerprint density at radius 3 is 2.85 bits per heavy atom. The monoisotopic (exact) mass is 469 g/mol. The fraction of sp³-hybridized carbons (Fsp3) is 0.444. The van der Waals surface area contributed by atoms with E-state index in [0.717, 1.165) is 67.2 Å². The summed E-state index contributed by atoms with van der Waals surface area (Å²) in [5.41, 5.74) is 3.75. The van der Waals surface area contributed by atoms with E-state index in [1.165, 1.54) is 12.7 Å². The molecular weight excluding hydrogens is 438 g/mol. The molecule has 1 aliphatic heterocycles. The molecule has 0 spiro atoms. The highest BCUT2D eigenvalue weighted by Gasteiger charge is 2.36. The van der Waals surface area contributed by atoms with Gasteiger partial charge < -0.3 is 19.5 Å². The number of aliphatic hydroxyl groups is 1. The highest BCUT2D eigenvalue weighted by molar-refractivity contribution is 6.30. The van der Waals surface area contributed by atoms with Crippen molar-refractivity contribution in [2.24, 2.45) is 11.8 Å². The maximum absolute atomic E-state index is 12.3. The second-order valence-electron chi connectivity index (χ2n) is 9.01. The molecule has 2 aromatic carbocycles. The minimum absolute atomic E-state index is 0.222. The van der Waals surface area contributed by atoms with Gasteiger partial charge in [-0.3, -0.25) is 0 Å². The lowest BCUT2D eigenvalue weighted by atomic mass is 9.70. The summed E-state index contributed by atoms with van der Waals surface area (Å²) in [5.74, 6) is 0.968. The summed E-state index contributed by atoms with van der Waals surface area (Å²) < 4.78 is 11.3. The van der Waals surface area contributed by atoms with Crippen LogP contribution in [0.3, 0.4) is 0 Å². The number of ether oxygens (including phenoxy) is 2. The fourth-order valence-corrected chi connectivity index (χ4v) is 5.11. The van der Waals surface area contributed by atoms with Gasteiger partial charge in [0, 0.05) is 18.1 Å². The number of nitrogens with zero attached hydrogens (tertiary/aromatic N) is 1. The Morgan fingerprint density at radius 2 is 2.12 bits per heavy atom. The molecule has 4 rings (SSSR count). The van der Waals surface area contributed by atoms with Gasteiger partial charge in [-0.05, 0) is 85.4 Å². The Morgan fingerprint density at radius 1 is 1.27 bits per heavy atom. The third-order valence-corrected chi connectivity index (χ3v) is 7.24. The summed E-state index contributed by atoms with van der Waals surface area (Å²) in [6.07, 6.45) is 6.20. The number of benzene rings is 2. The Balaban J connectivity index is 1.66. The number of aliphatic hydroxyl groups excluding tert-OH is 1. The van der Waals surface area contributed by atoms with Crippen molar-refractivity contribution in [2.45, 2.75) is 44.8 Å². The SMILES string of the molecule is C=C[C@H](O)C1CCC1CN1CCCCc2cc(Cl)ccc2COc2ccc(C(=O)OC)cc21. The van der Waals surface area contributed by atoms with E-state index in [2.05, 4.69) is 11.5 Å². The molecule has 3 atom stereocenters. The summed E-state index contributed by atoms with van der Waals surface area (Å²) >= 11 is 6.25. The minimum atomic E-state index is -0.482. The molecule has 2 unspecified atom stereocenters. The summed E-state index contributed by atoms with van der Waals surface area (Å²) in [4.78, 5) is 14.6. The Labute approximate surface area is 201 Å². The van der Waals surface area contributed by atoms with Gasteiger partial charge in [-0.25, -0.2) is 4.79 Å². The maximum Gasteiger partial charge on any atom is 0.337 e. The molecule has 33 heavy (non-hydrogen) atoms. The fourth-order valence-electron chi connectivity index (χ4n) is 4.91. The highest BCUT2D eigenvalue weighted by atomic mass is 35.5. The van der Waals surface area contributed by atoms with Gasteiger partial charge in [-0.15, -0.1) is 6.58 Å². The number of rotatable bonds is 5. The average molecular weight is 470 g/mol. The molecule has 0 amide bonds. The molecule has 1 aliphatic carbocycles. The van der Waals surface area contributed by atoms with Crippen LogP contribution < -0.4 is 9.64 Å². The zero-order valence-corrected chi connectivity index (χ0v) is 19.9. The predicted octanol–water partition coefficient (Wildman–Crippen LogP) is 5.42. The van der Waals surface area contributed by atoms with E-state index in [1.54, 1.807) is 12.1 Å². The molecule has 2 aliphatic rings. The first-order valence-electron chi connectivity index (χ1n) is 11.7. The van der Waals surface area contributed by atoms with Gasteiger partial charge in [0.2, 0.25) is 0 Å². The van der Waals surface area contributed by atoms with E-state index in [1.807, 2.05) is 30.3 Å². The zero-order valence-electron chi connectivity index (χ0n) is 19.1. The molecule has 2 aromatic rings. The maximum atomic E-state index is 12.3. The van der Waals surface area contributed by atoms with Gasteiger partial charge in [0.15, 0.2) is 0 Å². The topological polar surface area (TPSA) is 59.0 Å². The molecule has 6 heteroatoms. The van der Waals surface area contributed by atoms with E-state index in [0.29, 0.717) is 18.1 Å². The normalized spacial score (nSPS) is 21.4. The number of hydrogen-bond acceptors (Lipinski definition) is 5. The number of carbonyl (C=O) groups excluding carboxylic acids is 1. The number of anilines is 1. The Kier molecular flexibility index (Phi) is 7.61. The van der Waals surface area contributed by atoms with Crippen molar-refractivity contribution in [2.75, 3.05) is 25.1 Å². The van der Waals surface area contributed by atoms with Gasteiger partial charge in [0.25, 0.3) is 0 Å². The van der Waals surface area contributed by atoms with Gasteiger partial charge in [-0.1, -0.05) is 23.7 Å². The van der Waals surface area contributed by atoms with Crippen LogP contribution >= 0.6 is 11.6 Å². The van der Waals surface area contributed by atoms with Crippen molar-refractivity contribution in [3.05, 3.63) is 70.8 Å². The van der Waals surface area contributed by atoms with Crippen LogP contribution in [0.25, 0.3) is 0 Å². The molecule has 0 bridgehead atoms. The molecule has 1 N–H and O–H groups in total. The quantitative estimate of drug-likeness (QED) is 0.468. The first-order valence-corrected chi connectivity index (χ1v) is 12.1. The summed E-state index contributed by atoms with van der Waals surface area (Å²) in [6.45, 7) is 5.84. The van der Waals surface area contributed by atoms with Crippen molar-refractivity contribution in [3.8, 4) is 5.75 Å². The van der Waals surface area contributed by atoms with E-state index < -0.39 is 6.10 Å². The van der Waals surface area contributed by atoms with E-state index in [4.69, 9.17) is 21.1 Å². The number of esters is 1. The minimum Gasteiger partial charge on any atom is -0.487 e. The van der Waals surface area contributed by atoms with Gasteiger partial charge in [-0.2, -0.15) is 0 Å². The van der Waals surface area contributed by atoms with Crippen LogP contribution in [0.4, 0.5) is 5.69 Å². The first kappa shape index (κ1) is 23.7. The van der Waals surface area contributed by atoms with Crippen molar-refractivity contribution < 1.29 is 19.4 Å². The van der Waals surface area contributed by atoms with Crippen LogP contribution in [0.5, 0.6) is 5.75 Å². The predicted molar refractivity (Wildman–Crippen MR) is 131 cm³/mol. The van der Waals surface area contributed by atoms with E-state index in [-0.39, 0.29) is 11.9 Å². The largest absolute Gasteiger partial charge is 0.487 e. The zero-order chi connectivity index (χ0) is 23.4. The van der Waals surface area contributed by atoms with Crippen molar-refractivity contribution in [3.63, 3.8) is 0 Å². The van der Waals surface area contributed by atoms with E-state index >= 15 is 0 Å². The molecular formula is C27H32ClNO4. The molecule has 0 radical (unpaired) electrons. The number of halogens is 1. The van der Waals surface area contributed by atoms with Crippen LogP contribution in [0.15, 0.2) is 49.1 Å². The molecule has 176 valence electrons. The molecule has 0 aromatic heterocycles. The van der Waals surface area contributed by atoms with Crippen LogP contribution in [-0.2, 0) is 17.8 Å². The summed E-state index contributed by atoms with van der Waals surface area (Å²) in [7, 11) is 1.39. The van der Waals surface area contributed by atoms with Gasteiger partial charge in [0.1, 0.15) is 12.4 Å². The van der Waals surface area contributed by atoms with E-state index in [9.17, 15) is 9.90 Å². The number of fused-ring (bicyclic) bond motifs is 2. The molecule has 1 fully saturated rings. The van der Waals surface area contributed by atoms with Crippen molar-refractivity contribution in [1.82, 2.24) is 0 Å². The standard InChI is InChI=1S/C27H32ClNO4/c1-3-25(30)23-11-8-20(23)16-29-13-5-4-6-18-14-22(28)10-7-21(18)17-33-26-12-9-19(15-24(26)29)27(31)32-2/h3,7,9-10,12,14-15,20,23,25,30H,1,4-6,8,11,13,16-17H2,2H3/t20?,23?,25-/m0/s1. The number of hydrogen-bond donors (Lipinski definition) is 1. The molecule has 0 saturated heterocycles. The average Bonchev–Trinajstić information content (AvgIpc) is 2.84. The molecule has 5 nitrogen and oxygen atoms in total. The van der Waals surface area contributed by atoms with Gasteiger partial charge in [0.05, 0.1) is 24.5 Å².